The van der Waals surface area contributed by atoms with Crippen LogP contribution in [0.4, 0.5) is 0 Å². The number of amides is 1. The number of nitrogens with two attached hydrogens (primary N) is 1. The van der Waals surface area contributed by atoms with E-state index in [0.717, 1.165) is 24.2 Å². The van der Waals surface area contributed by atoms with Crippen molar-refractivity contribution in [1.82, 2.24) is 4.90 Å². The highest BCUT2D eigenvalue weighted by molar-refractivity contribution is 7.80. The van der Waals surface area contributed by atoms with E-state index >= 15 is 0 Å². The van der Waals surface area contributed by atoms with Crippen LogP contribution in [0.25, 0.3) is 0 Å². The van der Waals surface area contributed by atoms with Crippen molar-refractivity contribution in [2.75, 3.05) is 7.05 Å². The van der Waals surface area contributed by atoms with Gasteiger partial charge in [-0.3, -0.25) is 4.79 Å². The minimum Gasteiger partial charge on any atom is -0.469 e. The van der Waals surface area contributed by atoms with E-state index in [1.165, 1.54) is 0 Å². The van der Waals surface area contributed by atoms with Crippen LogP contribution in [0.3, 0.4) is 0 Å². The molecule has 0 unspecified atom stereocenters. The zero-order valence-electron chi connectivity index (χ0n) is 13.4. The second-order valence-electron chi connectivity index (χ2n) is 5.61. The lowest BCUT2D eigenvalue weighted by Gasteiger charge is -2.35. The van der Waals surface area contributed by atoms with Crippen LogP contribution in [0.2, 0.25) is 0 Å². The normalized spacial score (nSPS) is 11.4. The van der Waals surface area contributed by atoms with Crippen LogP contribution in [0.15, 0.2) is 16.7 Å². The fourth-order valence-electron chi connectivity index (χ4n) is 2.81. The summed E-state index contributed by atoms with van der Waals surface area (Å²) in [5, 5.41) is 0. The maximum atomic E-state index is 13.0. The number of furan rings is 1. The van der Waals surface area contributed by atoms with Gasteiger partial charge in [0.05, 0.1) is 16.7 Å². The zero-order chi connectivity index (χ0) is 16.0. The fraction of sp³-hybridized carbons (Fsp3) is 0.625. The third-order valence-electron chi connectivity index (χ3n) is 3.96. The molecule has 0 aliphatic carbocycles. The number of nitrogens with zero attached hydrogens (tertiary/aromatic N) is 1. The summed E-state index contributed by atoms with van der Waals surface area (Å²) in [4.78, 5) is 15.0. The summed E-state index contributed by atoms with van der Waals surface area (Å²) >= 11 is 5.24. The van der Waals surface area contributed by atoms with Gasteiger partial charge in [0.15, 0.2) is 0 Å². The van der Waals surface area contributed by atoms with E-state index < -0.39 is 5.41 Å². The van der Waals surface area contributed by atoms with Crippen molar-refractivity contribution >= 4 is 23.1 Å². The number of rotatable bonds is 8. The molecule has 0 bridgehead atoms. The van der Waals surface area contributed by atoms with Gasteiger partial charge in [-0.1, -0.05) is 38.9 Å². The van der Waals surface area contributed by atoms with Gasteiger partial charge in [0.1, 0.15) is 5.76 Å². The minimum absolute atomic E-state index is 0.0132. The molecular formula is C16H26N2O2S. The lowest BCUT2D eigenvalue weighted by molar-refractivity contribution is -0.138. The highest BCUT2D eigenvalue weighted by Gasteiger charge is 2.41. The molecule has 2 N–H and O–H groups in total. The molecule has 0 saturated heterocycles. The molecular weight excluding hydrogens is 284 g/mol. The van der Waals surface area contributed by atoms with E-state index in [2.05, 4.69) is 13.8 Å². The summed E-state index contributed by atoms with van der Waals surface area (Å²) < 4.78 is 5.28. The third kappa shape index (κ3) is 3.84. The fourth-order valence-corrected chi connectivity index (χ4v) is 3.10. The van der Waals surface area contributed by atoms with Gasteiger partial charge in [0.25, 0.3) is 0 Å². The molecule has 0 spiro atoms. The third-order valence-corrected chi connectivity index (χ3v) is 4.35. The van der Waals surface area contributed by atoms with Gasteiger partial charge in [-0.2, -0.15) is 0 Å². The van der Waals surface area contributed by atoms with Crippen LogP contribution >= 0.6 is 12.2 Å². The van der Waals surface area contributed by atoms with Crippen molar-refractivity contribution < 1.29 is 9.21 Å². The van der Waals surface area contributed by atoms with Crippen molar-refractivity contribution in [3.63, 3.8) is 0 Å². The number of carbonyl (C=O) groups excluding carboxylic acids is 1. The molecule has 0 aromatic carbocycles. The molecule has 0 atom stereocenters. The lowest BCUT2D eigenvalue weighted by atomic mass is 9.77. The first kappa shape index (κ1) is 17.7. The summed E-state index contributed by atoms with van der Waals surface area (Å²) in [5.41, 5.74) is 6.24. The number of aryl methyl sites for hydroxylation is 1. The summed E-state index contributed by atoms with van der Waals surface area (Å²) in [6, 6.07) is 1.89. The van der Waals surface area contributed by atoms with Crippen molar-refractivity contribution in [2.24, 2.45) is 11.1 Å². The van der Waals surface area contributed by atoms with Crippen molar-refractivity contribution in [3.05, 3.63) is 23.7 Å². The molecule has 1 aromatic rings. The average molecular weight is 310 g/mol. The van der Waals surface area contributed by atoms with E-state index in [0.29, 0.717) is 24.4 Å². The van der Waals surface area contributed by atoms with Crippen LogP contribution in [0.5, 0.6) is 0 Å². The van der Waals surface area contributed by atoms with E-state index in [4.69, 9.17) is 22.4 Å². The van der Waals surface area contributed by atoms with E-state index in [1.54, 1.807) is 18.2 Å². The zero-order valence-corrected chi connectivity index (χ0v) is 14.3. The highest BCUT2D eigenvalue weighted by Crippen LogP contribution is 2.33. The van der Waals surface area contributed by atoms with Gasteiger partial charge in [-0.05, 0) is 25.8 Å². The van der Waals surface area contributed by atoms with E-state index in [-0.39, 0.29) is 5.91 Å². The SMILES string of the molecule is CCCC(CCC)(C(=O)N(C)Cc1ccoc1C)C(N)=S. The Morgan fingerprint density at radius 1 is 1.38 bits per heavy atom. The Kier molecular flexibility index (Phi) is 6.40. The maximum Gasteiger partial charge on any atom is 0.235 e. The molecule has 1 amide bonds. The summed E-state index contributed by atoms with van der Waals surface area (Å²) in [6.07, 6.45) is 4.79. The molecule has 0 aliphatic heterocycles. The smallest absolute Gasteiger partial charge is 0.235 e. The Bertz CT molecular complexity index is 490. The van der Waals surface area contributed by atoms with E-state index in [1.807, 2.05) is 13.0 Å². The molecule has 118 valence electrons. The topological polar surface area (TPSA) is 59.5 Å². The van der Waals surface area contributed by atoms with Crippen LogP contribution in [0.1, 0.15) is 50.9 Å². The van der Waals surface area contributed by atoms with Gasteiger partial charge in [-0.25, -0.2) is 0 Å². The average Bonchev–Trinajstić information content (AvgIpc) is 2.82. The van der Waals surface area contributed by atoms with Crippen molar-refractivity contribution in [3.8, 4) is 0 Å². The van der Waals surface area contributed by atoms with Crippen LogP contribution < -0.4 is 5.73 Å². The largest absolute Gasteiger partial charge is 0.469 e. The van der Waals surface area contributed by atoms with Gasteiger partial charge in [-0.15, -0.1) is 0 Å². The van der Waals surface area contributed by atoms with Crippen molar-refractivity contribution in [2.45, 2.75) is 53.0 Å². The number of carbonyl (C=O) groups is 1. The molecule has 0 aliphatic rings. The Labute approximate surface area is 132 Å². The molecule has 5 heteroatoms. The summed E-state index contributed by atoms with van der Waals surface area (Å²) in [5.74, 6) is 0.848. The minimum atomic E-state index is -0.717. The molecule has 1 rings (SSSR count). The predicted molar refractivity (Wildman–Crippen MR) is 89.0 cm³/mol. The van der Waals surface area contributed by atoms with Gasteiger partial charge in [0.2, 0.25) is 5.91 Å². The lowest BCUT2D eigenvalue weighted by Crippen LogP contribution is -2.49. The summed E-state index contributed by atoms with van der Waals surface area (Å²) in [7, 11) is 1.80. The Morgan fingerprint density at radius 2 is 1.95 bits per heavy atom. The summed E-state index contributed by atoms with van der Waals surface area (Å²) in [6.45, 7) is 6.51. The monoisotopic (exact) mass is 310 g/mol. The molecule has 1 heterocycles. The van der Waals surface area contributed by atoms with Crippen molar-refractivity contribution in [1.29, 1.82) is 0 Å². The molecule has 21 heavy (non-hydrogen) atoms. The van der Waals surface area contributed by atoms with E-state index in [9.17, 15) is 4.79 Å². The number of thiocarbonyl (C=S) groups is 1. The second kappa shape index (κ2) is 7.59. The molecule has 1 aromatic heterocycles. The van der Waals surface area contributed by atoms with Gasteiger partial charge >= 0.3 is 0 Å². The Morgan fingerprint density at radius 3 is 2.33 bits per heavy atom. The standard InChI is InChI=1S/C16H26N2O2S/c1-5-8-16(9-6-2,14(17)21)15(19)18(4)11-13-7-10-20-12(13)3/h7,10H,5-6,8-9,11H2,1-4H3,(H2,17,21). The van der Waals surface area contributed by atoms with Crippen LogP contribution in [-0.4, -0.2) is 22.8 Å². The number of hydrogen-bond donors (Lipinski definition) is 1. The maximum absolute atomic E-state index is 13.0. The molecule has 0 saturated carbocycles. The quantitative estimate of drug-likeness (QED) is 0.747. The predicted octanol–water partition coefficient (Wildman–Crippen LogP) is 3.42. The second-order valence-corrected chi connectivity index (χ2v) is 6.05. The number of hydrogen-bond acceptors (Lipinski definition) is 3. The Hall–Kier alpha value is -1.36. The van der Waals surface area contributed by atoms with Crippen LogP contribution in [0, 0.1) is 12.3 Å². The van der Waals surface area contributed by atoms with Gasteiger partial charge < -0.3 is 15.1 Å². The van der Waals surface area contributed by atoms with Gasteiger partial charge in [0, 0.05) is 19.2 Å². The molecule has 0 radical (unpaired) electrons. The first-order valence-electron chi connectivity index (χ1n) is 7.47. The Balaban J connectivity index is 2.98. The molecule has 4 nitrogen and oxygen atoms in total. The van der Waals surface area contributed by atoms with Crippen LogP contribution in [-0.2, 0) is 11.3 Å². The highest BCUT2D eigenvalue weighted by atomic mass is 32.1. The first-order chi connectivity index (χ1) is 9.89. The molecule has 0 fully saturated rings. The first-order valence-corrected chi connectivity index (χ1v) is 7.88.